The van der Waals surface area contributed by atoms with Gasteiger partial charge in [0.2, 0.25) is 5.91 Å². The molecule has 0 radical (unpaired) electrons. The SMILES string of the molecule is Cc1cccc(C(=O)NC(C(=O)N2CCN(c3ccc(C(F)(F)F)cc3[N+](=O)[O-])CC2)C(C)C)c1. The van der Waals surface area contributed by atoms with Crippen molar-refractivity contribution in [3.8, 4) is 0 Å². The van der Waals surface area contributed by atoms with Gasteiger partial charge < -0.3 is 15.1 Å². The first-order chi connectivity index (χ1) is 16.4. The van der Waals surface area contributed by atoms with E-state index in [2.05, 4.69) is 5.32 Å². The summed E-state index contributed by atoms with van der Waals surface area (Å²) in [7, 11) is 0. The van der Waals surface area contributed by atoms with Crippen LogP contribution in [0.25, 0.3) is 0 Å². The second kappa shape index (κ2) is 10.3. The average Bonchev–Trinajstić information content (AvgIpc) is 2.81. The van der Waals surface area contributed by atoms with Crippen LogP contribution in [0.4, 0.5) is 24.5 Å². The van der Waals surface area contributed by atoms with Crippen LogP contribution in [0.2, 0.25) is 0 Å². The lowest BCUT2D eigenvalue weighted by Gasteiger charge is -2.38. The molecule has 11 heteroatoms. The van der Waals surface area contributed by atoms with Gasteiger partial charge in [-0.15, -0.1) is 0 Å². The molecule has 8 nitrogen and oxygen atoms in total. The minimum Gasteiger partial charge on any atom is -0.362 e. The Bertz CT molecular complexity index is 1110. The van der Waals surface area contributed by atoms with Gasteiger partial charge in [-0.05, 0) is 37.1 Å². The zero-order valence-electron chi connectivity index (χ0n) is 19.6. The Hall–Kier alpha value is -3.63. The third-order valence-corrected chi connectivity index (χ3v) is 5.93. The summed E-state index contributed by atoms with van der Waals surface area (Å²) in [5.41, 5.74) is -0.291. The highest BCUT2D eigenvalue weighted by molar-refractivity contribution is 5.97. The maximum atomic E-state index is 13.2. The van der Waals surface area contributed by atoms with E-state index in [0.717, 1.165) is 17.7 Å². The maximum absolute atomic E-state index is 13.2. The molecule has 0 saturated carbocycles. The Morgan fingerprint density at radius 3 is 2.26 bits per heavy atom. The van der Waals surface area contributed by atoms with Gasteiger partial charge in [0.25, 0.3) is 11.6 Å². The van der Waals surface area contributed by atoms with Crippen molar-refractivity contribution in [2.75, 3.05) is 31.1 Å². The fraction of sp³-hybridized carbons (Fsp3) is 0.417. The number of hydrogen-bond donors (Lipinski definition) is 1. The summed E-state index contributed by atoms with van der Waals surface area (Å²) in [6, 6.07) is 8.69. The lowest BCUT2D eigenvalue weighted by molar-refractivity contribution is -0.384. The monoisotopic (exact) mass is 492 g/mol. The molecule has 2 aromatic carbocycles. The van der Waals surface area contributed by atoms with Crippen LogP contribution in [0.1, 0.15) is 35.3 Å². The van der Waals surface area contributed by atoms with Crippen molar-refractivity contribution in [1.82, 2.24) is 10.2 Å². The zero-order chi connectivity index (χ0) is 25.9. The number of nitro groups is 1. The molecule has 1 atom stereocenters. The molecule has 2 aromatic rings. The molecule has 3 rings (SSSR count). The molecule has 1 heterocycles. The highest BCUT2D eigenvalue weighted by Gasteiger charge is 2.35. The summed E-state index contributed by atoms with van der Waals surface area (Å²) in [6.07, 6.45) is -4.69. The number of alkyl halides is 3. The normalized spacial score (nSPS) is 15.2. The first-order valence-electron chi connectivity index (χ1n) is 11.2. The molecule has 35 heavy (non-hydrogen) atoms. The van der Waals surface area contributed by atoms with Gasteiger partial charge in [0.05, 0.1) is 10.5 Å². The average molecular weight is 492 g/mol. The first kappa shape index (κ1) is 26.0. The van der Waals surface area contributed by atoms with Gasteiger partial charge in [0, 0.05) is 37.8 Å². The molecule has 1 N–H and O–H groups in total. The predicted octanol–water partition coefficient (Wildman–Crippen LogP) is 4.03. The van der Waals surface area contributed by atoms with E-state index in [4.69, 9.17) is 0 Å². The number of halogens is 3. The molecule has 1 aliphatic heterocycles. The number of nitrogens with one attached hydrogen (secondary N) is 1. The molecular formula is C24H27F3N4O4. The molecule has 1 fully saturated rings. The largest absolute Gasteiger partial charge is 0.416 e. The minimum atomic E-state index is -4.69. The van der Waals surface area contributed by atoms with Gasteiger partial charge in [-0.3, -0.25) is 19.7 Å². The first-order valence-corrected chi connectivity index (χ1v) is 11.2. The Morgan fingerprint density at radius 2 is 1.71 bits per heavy atom. The molecule has 1 saturated heterocycles. The van der Waals surface area contributed by atoms with E-state index in [1.54, 1.807) is 28.0 Å². The highest BCUT2D eigenvalue weighted by atomic mass is 19.4. The summed E-state index contributed by atoms with van der Waals surface area (Å²) < 4.78 is 39.0. The van der Waals surface area contributed by atoms with Gasteiger partial charge in [-0.2, -0.15) is 13.2 Å². The summed E-state index contributed by atoms with van der Waals surface area (Å²) in [5, 5.41) is 14.2. The van der Waals surface area contributed by atoms with Crippen LogP contribution in [0, 0.1) is 23.0 Å². The number of carbonyl (C=O) groups excluding carboxylic acids is 2. The number of anilines is 1. The number of rotatable bonds is 6. The van der Waals surface area contributed by atoms with Crippen molar-refractivity contribution < 1.29 is 27.7 Å². The standard InChI is InChI=1S/C24H27F3N4O4/c1-15(2)21(28-22(32)17-6-4-5-16(3)13-17)23(33)30-11-9-29(10-12-30)19-8-7-18(24(25,26)27)14-20(19)31(34)35/h4-8,13-15,21H,9-12H2,1-3H3,(H,28,32). The quantitative estimate of drug-likeness (QED) is 0.485. The number of nitro benzene ring substituents is 1. The third kappa shape index (κ3) is 6.09. The van der Waals surface area contributed by atoms with Gasteiger partial charge in [0.15, 0.2) is 0 Å². The lowest BCUT2D eigenvalue weighted by Crippen LogP contribution is -2.56. The van der Waals surface area contributed by atoms with Crippen molar-refractivity contribution >= 4 is 23.2 Å². The summed E-state index contributed by atoms with van der Waals surface area (Å²) in [4.78, 5) is 39.7. The molecule has 0 aliphatic carbocycles. The predicted molar refractivity (Wildman–Crippen MR) is 124 cm³/mol. The molecular weight excluding hydrogens is 465 g/mol. The van der Waals surface area contributed by atoms with Crippen LogP contribution in [0.15, 0.2) is 42.5 Å². The molecule has 188 valence electrons. The number of aryl methyl sites for hydroxylation is 1. The van der Waals surface area contributed by atoms with Crippen LogP contribution in [0.3, 0.4) is 0 Å². The molecule has 0 spiro atoms. The summed E-state index contributed by atoms with van der Waals surface area (Å²) in [5.74, 6) is -0.826. The number of nitrogens with zero attached hydrogens (tertiary/aromatic N) is 3. The van der Waals surface area contributed by atoms with Crippen molar-refractivity contribution in [2.45, 2.75) is 33.0 Å². The minimum absolute atomic E-state index is 0.0725. The Labute approximate surface area is 200 Å². The van der Waals surface area contributed by atoms with Gasteiger partial charge in [-0.25, -0.2) is 0 Å². The van der Waals surface area contributed by atoms with Gasteiger partial charge in [0.1, 0.15) is 11.7 Å². The fourth-order valence-electron chi connectivity index (χ4n) is 4.00. The van der Waals surface area contributed by atoms with Crippen molar-refractivity contribution in [3.63, 3.8) is 0 Å². The number of carbonyl (C=O) groups is 2. The zero-order valence-corrected chi connectivity index (χ0v) is 19.6. The molecule has 1 unspecified atom stereocenters. The topological polar surface area (TPSA) is 95.8 Å². The van der Waals surface area contributed by atoms with Gasteiger partial charge in [-0.1, -0.05) is 31.5 Å². The molecule has 2 amide bonds. The Balaban J connectivity index is 1.70. The molecule has 1 aliphatic rings. The van der Waals surface area contributed by atoms with E-state index in [1.165, 1.54) is 0 Å². The van der Waals surface area contributed by atoms with Crippen LogP contribution in [0.5, 0.6) is 0 Å². The second-order valence-electron chi connectivity index (χ2n) is 8.84. The number of piperazine rings is 1. The van der Waals surface area contributed by atoms with E-state index in [9.17, 15) is 32.9 Å². The fourth-order valence-corrected chi connectivity index (χ4v) is 4.00. The third-order valence-electron chi connectivity index (χ3n) is 5.93. The van der Waals surface area contributed by atoms with Crippen molar-refractivity contribution in [3.05, 3.63) is 69.3 Å². The van der Waals surface area contributed by atoms with E-state index in [0.29, 0.717) is 11.6 Å². The number of benzene rings is 2. The number of hydrogen-bond acceptors (Lipinski definition) is 5. The molecule has 0 aromatic heterocycles. The van der Waals surface area contributed by atoms with E-state index in [-0.39, 0.29) is 49.6 Å². The molecule has 0 bridgehead atoms. The smallest absolute Gasteiger partial charge is 0.362 e. The Morgan fingerprint density at radius 1 is 1.06 bits per heavy atom. The van der Waals surface area contributed by atoms with Crippen LogP contribution >= 0.6 is 0 Å². The van der Waals surface area contributed by atoms with Gasteiger partial charge >= 0.3 is 6.18 Å². The maximum Gasteiger partial charge on any atom is 0.416 e. The number of amides is 2. The van der Waals surface area contributed by atoms with E-state index in [1.807, 2.05) is 26.8 Å². The highest BCUT2D eigenvalue weighted by Crippen LogP contribution is 2.36. The lowest BCUT2D eigenvalue weighted by atomic mass is 10.0. The van der Waals surface area contributed by atoms with E-state index < -0.39 is 28.4 Å². The Kier molecular flexibility index (Phi) is 7.67. The van der Waals surface area contributed by atoms with Crippen LogP contribution < -0.4 is 10.2 Å². The van der Waals surface area contributed by atoms with Crippen molar-refractivity contribution in [1.29, 1.82) is 0 Å². The second-order valence-corrected chi connectivity index (χ2v) is 8.84. The van der Waals surface area contributed by atoms with E-state index >= 15 is 0 Å². The summed E-state index contributed by atoms with van der Waals surface area (Å²) >= 11 is 0. The van der Waals surface area contributed by atoms with Crippen LogP contribution in [-0.2, 0) is 11.0 Å². The van der Waals surface area contributed by atoms with Crippen molar-refractivity contribution in [2.24, 2.45) is 5.92 Å². The summed E-state index contributed by atoms with van der Waals surface area (Å²) in [6.45, 7) is 6.33. The van der Waals surface area contributed by atoms with Crippen LogP contribution in [-0.4, -0.2) is 53.9 Å².